The van der Waals surface area contributed by atoms with E-state index in [1.54, 1.807) is 15.8 Å². The van der Waals surface area contributed by atoms with Crippen LogP contribution in [0, 0.1) is 0 Å². The van der Waals surface area contributed by atoms with Crippen molar-refractivity contribution in [3.8, 4) is 16.3 Å². The number of nitrogens with two attached hydrogens (primary N) is 1. The number of benzene rings is 1. The fraction of sp³-hybridized carbons (Fsp3) is 0.211. The summed E-state index contributed by atoms with van der Waals surface area (Å²) in [5.74, 6) is -0.749. The zero-order valence-electron chi connectivity index (χ0n) is 14.4. The van der Waals surface area contributed by atoms with Crippen LogP contribution in [0.25, 0.3) is 16.3 Å². The summed E-state index contributed by atoms with van der Waals surface area (Å²) in [7, 11) is 0. The van der Waals surface area contributed by atoms with Gasteiger partial charge in [-0.2, -0.15) is 5.10 Å². The molecular formula is C19H18N4O3S. The number of primary amides is 1. The third-order valence-corrected chi connectivity index (χ3v) is 5.27. The fourth-order valence-electron chi connectivity index (χ4n) is 3.01. The molecule has 27 heavy (non-hydrogen) atoms. The van der Waals surface area contributed by atoms with E-state index in [2.05, 4.69) is 5.10 Å². The van der Waals surface area contributed by atoms with Crippen LogP contribution < -0.4 is 5.73 Å². The Balaban J connectivity index is 1.71. The molecule has 2 amide bonds. The Labute approximate surface area is 160 Å². The minimum Gasteiger partial charge on any atom is -0.367 e. The number of rotatable bonds is 4. The average molecular weight is 382 g/mol. The summed E-state index contributed by atoms with van der Waals surface area (Å²) < 4.78 is 7.05. The molecule has 2 N–H and O–H groups in total. The zero-order chi connectivity index (χ0) is 18.8. The molecule has 0 spiro atoms. The van der Waals surface area contributed by atoms with E-state index in [9.17, 15) is 9.59 Å². The first kappa shape index (κ1) is 17.4. The maximum Gasteiger partial charge on any atom is 0.257 e. The molecule has 3 heterocycles. The lowest BCUT2D eigenvalue weighted by Gasteiger charge is -2.31. The minimum absolute atomic E-state index is 0.147. The van der Waals surface area contributed by atoms with Crippen LogP contribution in [0.2, 0.25) is 0 Å². The van der Waals surface area contributed by atoms with Gasteiger partial charge in [-0.25, -0.2) is 4.68 Å². The van der Waals surface area contributed by atoms with Crippen LogP contribution in [0.1, 0.15) is 10.4 Å². The third-order valence-electron chi connectivity index (χ3n) is 4.39. The molecule has 7 nitrogen and oxygen atoms in total. The van der Waals surface area contributed by atoms with Gasteiger partial charge < -0.3 is 15.4 Å². The molecule has 138 valence electrons. The van der Waals surface area contributed by atoms with E-state index in [0.29, 0.717) is 17.8 Å². The van der Waals surface area contributed by atoms with Crippen LogP contribution >= 0.6 is 11.3 Å². The number of aromatic nitrogens is 2. The Kier molecular flexibility index (Phi) is 4.74. The molecule has 1 aromatic carbocycles. The molecular weight excluding hydrogens is 364 g/mol. The number of carbonyl (C=O) groups excluding carboxylic acids is 2. The Hall–Kier alpha value is -2.97. The van der Waals surface area contributed by atoms with Crippen LogP contribution in [0.3, 0.4) is 0 Å². The highest BCUT2D eigenvalue weighted by Gasteiger charge is 2.31. The van der Waals surface area contributed by atoms with Gasteiger partial charge in [-0.15, -0.1) is 11.3 Å². The maximum atomic E-state index is 13.2. The van der Waals surface area contributed by atoms with E-state index in [0.717, 1.165) is 10.6 Å². The molecule has 0 saturated carbocycles. The first-order valence-corrected chi connectivity index (χ1v) is 9.40. The number of ether oxygens (including phenoxy) is 1. The Bertz CT molecular complexity index is 953. The molecule has 0 bridgehead atoms. The molecule has 1 aliphatic heterocycles. The Morgan fingerprint density at radius 3 is 2.70 bits per heavy atom. The first-order chi connectivity index (χ1) is 13.1. The minimum atomic E-state index is -0.781. The van der Waals surface area contributed by atoms with Gasteiger partial charge in [0.25, 0.3) is 5.91 Å². The Morgan fingerprint density at radius 1 is 1.19 bits per heavy atom. The number of hydrogen-bond donors (Lipinski definition) is 1. The summed E-state index contributed by atoms with van der Waals surface area (Å²) >= 11 is 1.52. The van der Waals surface area contributed by atoms with Crippen LogP contribution in [0.15, 0.2) is 54.0 Å². The monoisotopic (exact) mass is 382 g/mol. The second kappa shape index (κ2) is 7.34. The molecule has 1 atom stereocenters. The van der Waals surface area contributed by atoms with Crippen molar-refractivity contribution in [1.29, 1.82) is 0 Å². The predicted octanol–water partition coefficient (Wildman–Crippen LogP) is 1.93. The number of nitrogens with zero attached hydrogens (tertiary/aromatic N) is 3. The number of thiophene rings is 1. The second-order valence-corrected chi connectivity index (χ2v) is 7.11. The lowest BCUT2D eigenvalue weighted by molar-refractivity contribution is -0.133. The van der Waals surface area contributed by atoms with Gasteiger partial charge in [0, 0.05) is 12.7 Å². The standard InChI is InChI=1S/C19H18N4O3S/c20-18(24)15-12-22(8-9-26-15)19(25)14-11-23(13-5-2-1-3-6-13)21-17(14)16-7-4-10-27-16/h1-7,10-11,15H,8-9,12H2,(H2,20,24). The Morgan fingerprint density at radius 2 is 2.00 bits per heavy atom. The predicted molar refractivity (Wildman–Crippen MR) is 102 cm³/mol. The molecule has 1 fully saturated rings. The van der Waals surface area contributed by atoms with Crippen molar-refractivity contribution in [3.05, 3.63) is 59.6 Å². The molecule has 3 aromatic rings. The molecule has 2 aromatic heterocycles. The van der Waals surface area contributed by atoms with Gasteiger partial charge in [0.1, 0.15) is 5.69 Å². The van der Waals surface area contributed by atoms with E-state index in [1.165, 1.54) is 11.3 Å². The normalized spacial score (nSPS) is 17.0. The van der Waals surface area contributed by atoms with E-state index in [1.807, 2.05) is 47.8 Å². The van der Waals surface area contributed by atoms with E-state index < -0.39 is 12.0 Å². The number of amides is 2. The smallest absolute Gasteiger partial charge is 0.257 e. The van der Waals surface area contributed by atoms with E-state index in [4.69, 9.17) is 10.5 Å². The molecule has 0 radical (unpaired) electrons. The molecule has 1 unspecified atom stereocenters. The second-order valence-electron chi connectivity index (χ2n) is 6.16. The van der Waals surface area contributed by atoms with Gasteiger partial charge in [0.15, 0.2) is 6.10 Å². The summed E-state index contributed by atoms with van der Waals surface area (Å²) in [4.78, 5) is 27.2. The summed E-state index contributed by atoms with van der Waals surface area (Å²) in [5, 5.41) is 6.60. The van der Waals surface area contributed by atoms with Crippen molar-refractivity contribution in [2.45, 2.75) is 6.10 Å². The average Bonchev–Trinajstić information content (AvgIpc) is 3.38. The van der Waals surface area contributed by atoms with Crippen molar-refractivity contribution in [2.75, 3.05) is 19.7 Å². The highest BCUT2D eigenvalue weighted by atomic mass is 32.1. The molecule has 8 heteroatoms. The summed E-state index contributed by atoms with van der Waals surface area (Å²) in [6.07, 6.45) is 0.957. The highest BCUT2D eigenvalue weighted by Crippen LogP contribution is 2.29. The largest absolute Gasteiger partial charge is 0.367 e. The van der Waals surface area contributed by atoms with Gasteiger partial charge >= 0.3 is 0 Å². The van der Waals surface area contributed by atoms with Crippen molar-refractivity contribution < 1.29 is 14.3 Å². The number of carbonyl (C=O) groups is 2. The lowest BCUT2D eigenvalue weighted by atomic mass is 10.1. The number of para-hydroxylation sites is 1. The maximum absolute atomic E-state index is 13.2. The van der Waals surface area contributed by atoms with Crippen molar-refractivity contribution in [3.63, 3.8) is 0 Å². The van der Waals surface area contributed by atoms with Gasteiger partial charge in [0.05, 0.1) is 29.3 Å². The summed E-state index contributed by atoms with van der Waals surface area (Å²) in [6, 6.07) is 13.5. The van der Waals surface area contributed by atoms with Gasteiger partial charge in [-0.3, -0.25) is 9.59 Å². The molecule has 0 aliphatic carbocycles. The topological polar surface area (TPSA) is 90.5 Å². The van der Waals surface area contributed by atoms with Gasteiger partial charge in [0.2, 0.25) is 5.91 Å². The lowest BCUT2D eigenvalue weighted by Crippen LogP contribution is -2.50. The third kappa shape index (κ3) is 3.49. The van der Waals surface area contributed by atoms with Crippen LogP contribution in [0.5, 0.6) is 0 Å². The quantitative estimate of drug-likeness (QED) is 0.746. The highest BCUT2D eigenvalue weighted by molar-refractivity contribution is 7.13. The summed E-state index contributed by atoms with van der Waals surface area (Å²) in [5.41, 5.74) is 7.32. The molecule has 1 saturated heterocycles. The van der Waals surface area contributed by atoms with E-state index >= 15 is 0 Å². The molecule has 1 aliphatic rings. The van der Waals surface area contributed by atoms with Crippen LogP contribution in [-0.2, 0) is 9.53 Å². The van der Waals surface area contributed by atoms with E-state index in [-0.39, 0.29) is 19.1 Å². The van der Waals surface area contributed by atoms with Crippen molar-refractivity contribution in [1.82, 2.24) is 14.7 Å². The van der Waals surface area contributed by atoms with Crippen molar-refractivity contribution in [2.24, 2.45) is 5.73 Å². The fourth-order valence-corrected chi connectivity index (χ4v) is 3.74. The zero-order valence-corrected chi connectivity index (χ0v) is 15.3. The van der Waals surface area contributed by atoms with Crippen molar-refractivity contribution >= 4 is 23.2 Å². The molecule has 4 rings (SSSR count). The number of hydrogen-bond acceptors (Lipinski definition) is 5. The summed E-state index contributed by atoms with van der Waals surface area (Å²) in [6.45, 7) is 0.831. The van der Waals surface area contributed by atoms with Gasteiger partial charge in [-0.05, 0) is 23.6 Å². The van der Waals surface area contributed by atoms with Gasteiger partial charge in [-0.1, -0.05) is 24.3 Å². The van der Waals surface area contributed by atoms with Crippen LogP contribution in [-0.4, -0.2) is 52.3 Å². The first-order valence-electron chi connectivity index (χ1n) is 8.52. The SMILES string of the molecule is NC(=O)C1CN(C(=O)c2cn(-c3ccccc3)nc2-c2cccs2)CCO1. The number of morpholine rings is 1. The van der Waals surface area contributed by atoms with Crippen LogP contribution in [0.4, 0.5) is 0 Å².